The summed E-state index contributed by atoms with van der Waals surface area (Å²) in [6.45, 7) is 8.21. The first-order chi connectivity index (χ1) is 10.6. The van der Waals surface area contributed by atoms with Crippen LogP contribution in [0.15, 0.2) is 0 Å². The van der Waals surface area contributed by atoms with Crippen LogP contribution in [0.3, 0.4) is 0 Å². The maximum atomic E-state index is 12.7. The molecule has 0 aromatic rings. The Morgan fingerprint density at radius 2 is 1.71 bits per heavy atom. The van der Waals surface area contributed by atoms with Crippen LogP contribution in [0.1, 0.15) is 58.8 Å². The Balaban J connectivity index is 0.00000264. The Hall–Kier alpha value is -0.0700. The number of hydrogen-bond donors (Lipinski definition) is 2. The Morgan fingerprint density at radius 1 is 1.17 bits per heavy atom. The lowest BCUT2D eigenvalue weighted by Gasteiger charge is -2.44. The molecule has 0 radical (unpaired) electrons. The molecular weight excluding hydrogens is 349 g/mol. The van der Waals surface area contributed by atoms with Crippen molar-refractivity contribution in [1.82, 2.24) is 10.2 Å². The molecule has 1 aliphatic heterocycles. The van der Waals surface area contributed by atoms with Gasteiger partial charge >= 0.3 is 0 Å². The molecule has 144 valence electrons. The number of amides is 1. The van der Waals surface area contributed by atoms with E-state index in [-0.39, 0.29) is 41.8 Å². The first kappa shape index (κ1) is 23.9. The number of rotatable bonds is 7. The molecule has 0 atom stereocenters. The number of ether oxygens (including phenoxy) is 1. The van der Waals surface area contributed by atoms with Crippen LogP contribution < -0.4 is 11.1 Å². The van der Waals surface area contributed by atoms with E-state index >= 15 is 0 Å². The summed E-state index contributed by atoms with van der Waals surface area (Å²) >= 11 is 0. The smallest absolute Gasteiger partial charge is 0.222 e. The highest BCUT2D eigenvalue weighted by Crippen LogP contribution is 2.38. The third-order valence-corrected chi connectivity index (χ3v) is 5.85. The van der Waals surface area contributed by atoms with Crippen molar-refractivity contribution in [2.75, 3.05) is 32.8 Å². The van der Waals surface area contributed by atoms with E-state index in [2.05, 4.69) is 24.1 Å². The molecule has 1 aliphatic carbocycles. The Kier molecular flexibility index (Phi) is 10.8. The number of carbonyl (C=O) groups excluding carboxylic acids is 1. The predicted molar refractivity (Wildman–Crippen MR) is 103 cm³/mol. The maximum absolute atomic E-state index is 12.7. The van der Waals surface area contributed by atoms with Crippen LogP contribution in [-0.2, 0) is 9.53 Å². The van der Waals surface area contributed by atoms with Crippen LogP contribution in [0.5, 0.6) is 0 Å². The Labute approximate surface area is 159 Å². The lowest BCUT2D eigenvalue weighted by molar-refractivity contribution is -0.127. The molecule has 3 N–H and O–H groups in total. The van der Waals surface area contributed by atoms with Gasteiger partial charge in [-0.15, -0.1) is 24.8 Å². The van der Waals surface area contributed by atoms with Gasteiger partial charge in [0.25, 0.3) is 0 Å². The molecule has 5 nitrogen and oxygen atoms in total. The quantitative estimate of drug-likeness (QED) is 0.708. The molecule has 1 saturated carbocycles. The molecule has 2 aliphatic rings. The van der Waals surface area contributed by atoms with Crippen molar-refractivity contribution in [1.29, 1.82) is 0 Å². The number of nitrogens with one attached hydrogen (secondary N) is 1. The van der Waals surface area contributed by atoms with Gasteiger partial charge in [-0.25, -0.2) is 0 Å². The van der Waals surface area contributed by atoms with Crippen molar-refractivity contribution in [3.05, 3.63) is 0 Å². The van der Waals surface area contributed by atoms with Crippen molar-refractivity contribution >= 4 is 30.7 Å². The van der Waals surface area contributed by atoms with Crippen molar-refractivity contribution in [3.8, 4) is 0 Å². The predicted octanol–water partition coefficient (Wildman–Crippen LogP) is 2.50. The van der Waals surface area contributed by atoms with Crippen LogP contribution in [0, 0.1) is 0 Å². The van der Waals surface area contributed by atoms with Crippen molar-refractivity contribution < 1.29 is 9.53 Å². The Morgan fingerprint density at radius 3 is 2.17 bits per heavy atom. The van der Waals surface area contributed by atoms with Crippen LogP contribution in [0.4, 0.5) is 0 Å². The molecule has 1 heterocycles. The average Bonchev–Trinajstić information content (AvgIpc) is 3.03. The molecule has 0 bridgehead atoms. The second kappa shape index (κ2) is 10.8. The summed E-state index contributed by atoms with van der Waals surface area (Å²) in [6, 6.07) is 0. The van der Waals surface area contributed by atoms with E-state index in [9.17, 15) is 4.79 Å². The SMILES string of the molecule is CCC(CC)(CN)NC(=O)CC1(N2CCOCC2)CCCC1.Cl.Cl. The van der Waals surface area contributed by atoms with Crippen LogP contribution in [0.2, 0.25) is 0 Å². The fourth-order valence-electron chi connectivity index (χ4n) is 4.08. The van der Waals surface area contributed by atoms with Gasteiger partial charge in [-0.1, -0.05) is 26.7 Å². The van der Waals surface area contributed by atoms with Crippen LogP contribution in [-0.4, -0.2) is 54.7 Å². The molecule has 0 spiro atoms. The molecule has 0 unspecified atom stereocenters. The number of nitrogens with zero attached hydrogens (tertiary/aromatic N) is 1. The molecule has 24 heavy (non-hydrogen) atoms. The highest BCUT2D eigenvalue weighted by Gasteiger charge is 2.42. The van der Waals surface area contributed by atoms with Gasteiger partial charge < -0.3 is 15.8 Å². The van der Waals surface area contributed by atoms with Gasteiger partial charge in [-0.05, 0) is 25.7 Å². The molecule has 0 aromatic carbocycles. The summed E-state index contributed by atoms with van der Waals surface area (Å²) in [5.74, 6) is 0.169. The lowest BCUT2D eigenvalue weighted by Crippen LogP contribution is -2.57. The van der Waals surface area contributed by atoms with E-state index in [1.807, 2.05) is 0 Å². The van der Waals surface area contributed by atoms with E-state index in [0.29, 0.717) is 13.0 Å². The number of hydrogen-bond acceptors (Lipinski definition) is 4. The molecule has 2 rings (SSSR count). The summed E-state index contributed by atoms with van der Waals surface area (Å²) < 4.78 is 5.48. The monoisotopic (exact) mass is 383 g/mol. The second-order valence-corrected chi connectivity index (χ2v) is 6.95. The number of halogens is 2. The van der Waals surface area contributed by atoms with E-state index in [0.717, 1.165) is 52.0 Å². The zero-order chi connectivity index (χ0) is 16.1. The van der Waals surface area contributed by atoms with Crippen LogP contribution in [0.25, 0.3) is 0 Å². The molecular formula is C17H35Cl2N3O2. The topological polar surface area (TPSA) is 67.6 Å². The van der Waals surface area contributed by atoms with Gasteiger partial charge in [-0.3, -0.25) is 9.69 Å². The van der Waals surface area contributed by atoms with Crippen LogP contribution >= 0.6 is 24.8 Å². The summed E-state index contributed by atoms with van der Waals surface area (Å²) in [5.41, 5.74) is 5.74. The van der Waals surface area contributed by atoms with E-state index < -0.39 is 0 Å². The fraction of sp³-hybridized carbons (Fsp3) is 0.941. The normalized spacial score (nSPS) is 20.8. The summed E-state index contributed by atoms with van der Waals surface area (Å²) in [7, 11) is 0. The zero-order valence-electron chi connectivity index (χ0n) is 15.1. The largest absolute Gasteiger partial charge is 0.379 e. The molecule has 2 fully saturated rings. The number of morpholine rings is 1. The molecule has 7 heteroatoms. The van der Waals surface area contributed by atoms with Gasteiger partial charge in [0.2, 0.25) is 5.91 Å². The second-order valence-electron chi connectivity index (χ2n) is 6.95. The van der Waals surface area contributed by atoms with Gasteiger partial charge in [-0.2, -0.15) is 0 Å². The minimum Gasteiger partial charge on any atom is -0.379 e. The highest BCUT2D eigenvalue weighted by molar-refractivity contribution is 5.85. The minimum absolute atomic E-state index is 0. The van der Waals surface area contributed by atoms with Gasteiger partial charge in [0.05, 0.1) is 18.8 Å². The first-order valence-electron chi connectivity index (χ1n) is 8.93. The fourth-order valence-corrected chi connectivity index (χ4v) is 4.08. The Bertz CT molecular complexity index is 359. The molecule has 1 amide bonds. The highest BCUT2D eigenvalue weighted by atomic mass is 35.5. The molecule has 0 aromatic heterocycles. The summed E-state index contributed by atoms with van der Waals surface area (Å²) in [6.07, 6.45) is 7.10. The van der Waals surface area contributed by atoms with E-state index in [1.165, 1.54) is 12.8 Å². The van der Waals surface area contributed by atoms with Gasteiger partial charge in [0.1, 0.15) is 0 Å². The molecule has 1 saturated heterocycles. The summed E-state index contributed by atoms with van der Waals surface area (Å²) in [5, 5.41) is 3.25. The third-order valence-electron chi connectivity index (χ3n) is 5.85. The lowest BCUT2D eigenvalue weighted by atomic mass is 9.88. The first-order valence-corrected chi connectivity index (χ1v) is 8.93. The van der Waals surface area contributed by atoms with E-state index in [1.54, 1.807) is 0 Å². The third kappa shape index (κ3) is 5.46. The average molecular weight is 384 g/mol. The van der Waals surface area contributed by atoms with Gasteiger partial charge in [0.15, 0.2) is 0 Å². The van der Waals surface area contributed by atoms with Crippen molar-refractivity contribution in [2.45, 2.75) is 69.9 Å². The standard InChI is InChI=1S/C17H33N3O2.2ClH/c1-3-16(4-2,14-18)19-15(21)13-17(7-5-6-8-17)20-9-11-22-12-10-20;;/h3-14,18H2,1-2H3,(H,19,21);2*1H. The summed E-state index contributed by atoms with van der Waals surface area (Å²) in [4.78, 5) is 15.2. The zero-order valence-corrected chi connectivity index (χ0v) is 16.8. The van der Waals surface area contributed by atoms with E-state index in [4.69, 9.17) is 10.5 Å². The number of carbonyl (C=O) groups is 1. The number of nitrogens with two attached hydrogens (primary N) is 1. The van der Waals surface area contributed by atoms with Crippen molar-refractivity contribution in [2.24, 2.45) is 5.73 Å². The van der Waals surface area contributed by atoms with Crippen molar-refractivity contribution in [3.63, 3.8) is 0 Å². The maximum Gasteiger partial charge on any atom is 0.222 e. The minimum atomic E-state index is -0.234. The van der Waals surface area contributed by atoms with Gasteiger partial charge in [0, 0.05) is 31.6 Å².